The highest BCUT2D eigenvalue weighted by atomic mass is 16.6. The van der Waals surface area contributed by atoms with E-state index < -0.39 is 22.5 Å². The van der Waals surface area contributed by atoms with Gasteiger partial charge in [-0.25, -0.2) is 4.79 Å². The van der Waals surface area contributed by atoms with Crippen LogP contribution < -0.4 is 5.56 Å². The van der Waals surface area contributed by atoms with Crippen LogP contribution in [0.4, 0.5) is 5.69 Å². The third kappa shape index (κ3) is 2.24. The molecule has 7 heteroatoms. The van der Waals surface area contributed by atoms with Gasteiger partial charge in [0.15, 0.2) is 0 Å². The fourth-order valence-corrected chi connectivity index (χ4v) is 2.75. The van der Waals surface area contributed by atoms with E-state index in [1.165, 1.54) is 22.8 Å². The van der Waals surface area contributed by atoms with Crippen LogP contribution in [0.2, 0.25) is 0 Å². The van der Waals surface area contributed by atoms with E-state index in [0.717, 1.165) is 0 Å². The molecule has 1 atom stereocenters. The maximum Gasteiger partial charge on any atom is 0.326 e. The Morgan fingerprint density at radius 3 is 2.55 bits per heavy atom. The van der Waals surface area contributed by atoms with E-state index in [2.05, 4.69) is 0 Å². The summed E-state index contributed by atoms with van der Waals surface area (Å²) in [5.41, 5.74) is 0.310. The minimum atomic E-state index is -1.10. The maximum absolute atomic E-state index is 12.7. The molecule has 1 heterocycles. The standard InChI is InChI=1S/C15H16N2O5/c1-4-11(15(19)20)16-9(3)8(2)13-10(14(16)18)6-5-7-12(13)17(21)22/h5-7,11H,4H2,1-3H3,(H,19,20)/t11-/m1/s1. The number of nitro groups is 1. The number of carboxylic acid groups (broad SMARTS) is 1. The van der Waals surface area contributed by atoms with Crippen LogP contribution in [0, 0.1) is 24.0 Å². The van der Waals surface area contributed by atoms with Crippen molar-refractivity contribution in [2.45, 2.75) is 33.2 Å². The molecule has 0 spiro atoms. The van der Waals surface area contributed by atoms with Crippen LogP contribution in [0.1, 0.15) is 30.6 Å². The Balaban J connectivity index is 2.99. The van der Waals surface area contributed by atoms with Gasteiger partial charge in [0.2, 0.25) is 0 Å². The summed E-state index contributed by atoms with van der Waals surface area (Å²) in [6, 6.07) is 3.27. The van der Waals surface area contributed by atoms with Crippen molar-refractivity contribution < 1.29 is 14.8 Å². The zero-order chi connectivity index (χ0) is 16.6. The Morgan fingerprint density at radius 1 is 1.41 bits per heavy atom. The van der Waals surface area contributed by atoms with Gasteiger partial charge in [-0.2, -0.15) is 0 Å². The Bertz CT molecular complexity index is 838. The van der Waals surface area contributed by atoms with E-state index in [4.69, 9.17) is 0 Å². The average Bonchev–Trinajstić information content (AvgIpc) is 2.47. The summed E-state index contributed by atoms with van der Waals surface area (Å²) >= 11 is 0. The molecule has 0 unspecified atom stereocenters. The highest BCUT2D eigenvalue weighted by Gasteiger charge is 2.25. The average molecular weight is 304 g/mol. The molecule has 1 aromatic heterocycles. The van der Waals surface area contributed by atoms with Crippen molar-refractivity contribution >= 4 is 22.4 Å². The molecule has 0 radical (unpaired) electrons. The van der Waals surface area contributed by atoms with Gasteiger partial charge in [-0.3, -0.25) is 19.5 Å². The first kappa shape index (κ1) is 15.7. The molecule has 2 rings (SSSR count). The highest BCUT2D eigenvalue weighted by Crippen LogP contribution is 2.29. The number of non-ortho nitro benzene ring substituents is 1. The van der Waals surface area contributed by atoms with Gasteiger partial charge in [0.1, 0.15) is 6.04 Å². The van der Waals surface area contributed by atoms with Crippen molar-refractivity contribution in [3.63, 3.8) is 0 Å². The summed E-state index contributed by atoms with van der Waals surface area (Å²) in [4.78, 5) is 34.7. The lowest BCUT2D eigenvalue weighted by Gasteiger charge is -2.20. The van der Waals surface area contributed by atoms with Crippen molar-refractivity contribution in [1.29, 1.82) is 0 Å². The number of fused-ring (bicyclic) bond motifs is 1. The zero-order valence-electron chi connectivity index (χ0n) is 12.5. The monoisotopic (exact) mass is 304 g/mol. The summed E-state index contributed by atoms with van der Waals surface area (Å²) in [6.07, 6.45) is 0.246. The predicted octanol–water partition coefficient (Wildman–Crippen LogP) is 2.56. The number of nitrogens with zero attached hydrogens (tertiary/aromatic N) is 2. The van der Waals surface area contributed by atoms with Crippen molar-refractivity contribution in [3.8, 4) is 0 Å². The van der Waals surface area contributed by atoms with Crippen LogP contribution in [-0.2, 0) is 4.79 Å². The van der Waals surface area contributed by atoms with Gasteiger partial charge in [0, 0.05) is 11.8 Å². The smallest absolute Gasteiger partial charge is 0.326 e. The normalized spacial score (nSPS) is 12.3. The Hall–Kier alpha value is -2.70. The number of carboxylic acids is 1. The molecule has 7 nitrogen and oxygen atoms in total. The minimum Gasteiger partial charge on any atom is -0.480 e. The fraction of sp³-hybridized carbons (Fsp3) is 0.333. The van der Waals surface area contributed by atoms with Gasteiger partial charge >= 0.3 is 5.97 Å². The van der Waals surface area contributed by atoms with Crippen molar-refractivity contribution in [2.75, 3.05) is 0 Å². The van der Waals surface area contributed by atoms with Crippen LogP contribution >= 0.6 is 0 Å². The minimum absolute atomic E-state index is 0.147. The van der Waals surface area contributed by atoms with E-state index in [0.29, 0.717) is 11.3 Å². The highest BCUT2D eigenvalue weighted by molar-refractivity contribution is 5.93. The second-order valence-electron chi connectivity index (χ2n) is 5.10. The van der Waals surface area contributed by atoms with E-state index in [1.807, 2.05) is 0 Å². The summed E-state index contributed by atoms with van der Waals surface area (Å²) < 4.78 is 1.21. The second-order valence-corrected chi connectivity index (χ2v) is 5.10. The molecule has 116 valence electrons. The molecule has 0 amide bonds. The molecule has 0 saturated heterocycles. The van der Waals surface area contributed by atoms with Gasteiger partial charge in [-0.05, 0) is 31.9 Å². The third-order valence-corrected chi connectivity index (χ3v) is 3.95. The van der Waals surface area contributed by atoms with Crippen molar-refractivity contribution in [3.05, 3.63) is 49.9 Å². The molecular weight excluding hydrogens is 288 g/mol. The molecule has 1 N–H and O–H groups in total. The lowest BCUT2D eigenvalue weighted by Crippen LogP contribution is -2.32. The van der Waals surface area contributed by atoms with Gasteiger partial charge in [0.25, 0.3) is 11.2 Å². The topological polar surface area (TPSA) is 102 Å². The maximum atomic E-state index is 12.7. The van der Waals surface area contributed by atoms with E-state index in [9.17, 15) is 24.8 Å². The Morgan fingerprint density at radius 2 is 2.05 bits per heavy atom. The van der Waals surface area contributed by atoms with Crippen molar-refractivity contribution in [2.24, 2.45) is 0 Å². The van der Waals surface area contributed by atoms with Gasteiger partial charge in [-0.15, -0.1) is 0 Å². The van der Waals surface area contributed by atoms with E-state index in [-0.39, 0.29) is 22.9 Å². The van der Waals surface area contributed by atoms with Crippen molar-refractivity contribution in [1.82, 2.24) is 4.57 Å². The van der Waals surface area contributed by atoms with Crippen LogP contribution in [0.15, 0.2) is 23.0 Å². The lowest BCUT2D eigenvalue weighted by atomic mass is 10.0. The number of rotatable bonds is 4. The van der Waals surface area contributed by atoms with Crippen LogP contribution in [0.25, 0.3) is 10.8 Å². The Kier molecular flexibility index (Phi) is 3.99. The van der Waals surface area contributed by atoms with Crippen LogP contribution in [0.5, 0.6) is 0 Å². The molecule has 0 aliphatic rings. The van der Waals surface area contributed by atoms with E-state index in [1.54, 1.807) is 20.8 Å². The summed E-state index contributed by atoms with van der Waals surface area (Å²) in [6.45, 7) is 4.95. The first-order chi connectivity index (χ1) is 10.3. The van der Waals surface area contributed by atoms with Gasteiger partial charge in [-0.1, -0.05) is 13.0 Å². The molecule has 22 heavy (non-hydrogen) atoms. The lowest BCUT2D eigenvalue weighted by molar-refractivity contribution is -0.383. The molecule has 2 aromatic rings. The molecule has 0 aliphatic carbocycles. The first-order valence-corrected chi connectivity index (χ1v) is 6.82. The Labute approximate surface area is 126 Å². The summed E-state index contributed by atoms with van der Waals surface area (Å²) in [7, 11) is 0. The van der Waals surface area contributed by atoms with Gasteiger partial charge < -0.3 is 5.11 Å². The number of aliphatic carboxylic acids is 1. The van der Waals surface area contributed by atoms with Crippen LogP contribution in [-0.4, -0.2) is 20.6 Å². The molecule has 1 aromatic carbocycles. The second kappa shape index (κ2) is 5.59. The molecule has 0 aliphatic heterocycles. The quantitative estimate of drug-likeness (QED) is 0.690. The number of aromatic nitrogens is 1. The number of carbonyl (C=O) groups is 1. The number of benzene rings is 1. The SMILES string of the molecule is CC[C@H](C(=O)O)n1c(C)c(C)c2c([N+](=O)[O-])cccc2c1=O. The van der Waals surface area contributed by atoms with Crippen LogP contribution in [0.3, 0.4) is 0 Å². The number of hydrogen-bond acceptors (Lipinski definition) is 4. The van der Waals surface area contributed by atoms with Gasteiger partial charge in [0.05, 0.1) is 15.7 Å². The fourth-order valence-electron chi connectivity index (χ4n) is 2.75. The van der Waals surface area contributed by atoms with E-state index >= 15 is 0 Å². The first-order valence-electron chi connectivity index (χ1n) is 6.82. The molecule has 0 bridgehead atoms. The molecule has 0 saturated carbocycles. The summed E-state index contributed by atoms with van der Waals surface area (Å²) in [5, 5.41) is 20.9. The third-order valence-electron chi connectivity index (χ3n) is 3.95. The zero-order valence-corrected chi connectivity index (χ0v) is 12.5. The largest absolute Gasteiger partial charge is 0.480 e. The number of aryl methyl sites for hydroxylation is 1. The number of pyridine rings is 1. The molecular formula is C15H16N2O5. The number of nitro benzene ring substituents is 1. The summed E-state index contributed by atoms with van der Waals surface area (Å²) in [5.74, 6) is -1.10. The molecule has 0 fully saturated rings. The predicted molar refractivity (Wildman–Crippen MR) is 81.3 cm³/mol. The number of hydrogen-bond donors (Lipinski definition) is 1.